The van der Waals surface area contributed by atoms with Gasteiger partial charge in [0.25, 0.3) is 0 Å². The Labute approximate surface area is 100 Å². The summed E-state index contributed by atoms with van der Waals surface area (Å²) >= 11 is 0. The van der Waals surface area contributed by atoms with Crippen LogP contribution in [0.25, 0.3) is 0 Å². The third kappa shape index (κ3) is 3.41. The molecular weight excluding hydrogens is 243 g/mol. The van der Waals surface area contributed by atoms with E-state index in [1.807, 2.05) is 0 Å². The van der Waals surface area contributed by atoms with E-state index in [0.29, 0.717) is 6.54 Å². The maximum atomic E-state index is 13.3. The molecule has 0 bridgehead atoms. The van der Waals surface area contributed by atoms with Gasteiger partial charge in [-0.05, 0) is 37.6 Å². The molecule has 0 aromatic heterocycles. The van der Waals surface area contributed by atoms with Crippen LogP contribution in [-0.4, -0.2) is 27.3 Å². The van der Waals surface area contributed by atoms with E-state index in [1.165, 1.54) is 18.2 Å². The lowest BCUT2D eigenvalue weighted by molar-refractivity contribution is 0.574. The molecule has 0 radical (unpaired) electrons. The number of hydrogen-bond acceptors (Lipinski definition) is 3. The van der Waals surface area contributed by atoms with Crippen LogP contribution in [-0.2, 0) is 10.0 Å². The van der Waals surface area contributed by atoms with Crippen molar-refractivity contribution < 1.29 is 12.8 Å². The van der Waals surface area contributed by atoms with E-state index in [0.717, 1.165) is 13.0 Å². The Balaban J connectivity index is 2.04. The van der Waals surface area contributed by atoms with Gasteiger partial charge in [-0.3, -0.25) is 4.72 Å². The highest BCUT2D eigenvalue weighted by Crippen LogP contribution is 2.17. The molecule has 1 unspecified atom stereocenters. The molecule has 17 heavy (non-hydrogen) atoms. The first kappa shape index (κ1) is 12.3. The van der Waals surface area contributed by atoms with E-state index in [4.69, 9.17) is 0 Å². The van der Waals surface area contributed by atoms with Gasteiger partial charge in [0.15, 0.2) is 0 Å². The molecule has 1 aliphatic rings. The SMILES string of the molecule is O=S(=O)(CC1CCNC1)Nc1ccccc1F. The van der Waals surface area contributed by atoms with E-state index in [2.05, 4.69) is 10.0 Å². The minimum atomic E-state index is -3.47. The maximum Gasteiger partial charge on any atom is 0.233 e. The summed E-state index contributed by atoms with van der Waals surface area (Å²) in [5.74, 6) is -0.408. The largest absolute Gasteiger partial charge is 0.316 e. The van der Waals surface area contributed by atoms with Gasteiger partial charge in [-0.25, -0.2) is 12.8 Å². The Morgan fingerprint density at radius 2 is 2.18 bits per heavy atom. The Morgan fingerprint density at radius 3 is 2.82 bits per heavy atom. The van der Waals surface area contributed by atoms with E-state index in [1.54, 1.807) is 6.07 Å². The summed E-state index contributed by atoms with van der Waals surface area (Å²) in [7, 11) is -3.47. The monoisotopic (exact) mass is 258 g/mol. The smallest absolute Gasteiger partial charge is 0.233 e. The molecule has 94 valence electrons. The van der Waals surface area contributed by atoms with Gasteiger partial charge < -0.3 is 5.32 Å². The van der Waals surface area contributed by atoms with Crippen molar-refractivity contribution in [3.05, 3.63) is 30.1 Å². The summed E-state index contributed by atoms with van der Waals surface area (Å²) in [5, 5.41) is 3.10. The number of benzene rings is 1. The van der Waals surface area contributed by atoms with Crippen LogP contribution in [0.15, 0.2) is 24.3 Å². The summed E-state index contributed by atoms with van der Waals surface area (Å²) in [6.07, 6.45) is 0.845. The van der Waals surface area contributed by atoms with Crippen LogP contribution in [0, 0.1) is 11.7 Å². The first-order valence-corrected chi connectivity index (χ1v) is 7.18. The zero-order valence-corrected chi connectivity index (χ0v) is 10.1. The van der Waals surface area contributed by atoms with Crippen LogP contribution in [0.2, 0.25) is 0 Å². The second-order valence-corrected chi connectivity index (χ2v) is 5.99. The molecular formula is C11H15FN2O2S. The van der Waals surface area contributed by atoms with Crippen LogP contribution in [0.4, 0.5) is 10.1 Å². The number of nitrogens with one attached hydrogen (secondary N) is 2. The van der Waals surface area contributed by atoms with Crippen molar-refractivity contribution in [1.82, 2.24) is 5.32 Å². The van der Waals surface area contributed by atoms with Crippen LogP contribution in [0.5, 0.6) is 0 Å². The van der Waals surface area contributed by atoms with Gasteiger partial charge in [0, 0.05) is 0 Å². The van der Waals surface area contributed by atoms with Crippen molar-refractivity contribution in [3.8, 4) is 0 Å². The molecule has 0 spiro atoms. The molecule has 1 saturated heterocycles. The predicted octanol–water partition coefficient (Wildman–Crippen LogP) is 1.18. The van der Waals surface area contributed by atoms with Crippen LogP contribution >= 0.6 is 0 Å². The topological polar surface area (TPSA) is 58.2 Å². The zero-order chi connectivity index (χ0) is 12.3. The average molecular weight is 258 g/mol. The van der Waals surface area contributed by atoms with Gasteiger partial charge >= 0.3 is 0 Å². The Hall–Kier alpha value is -1.14. The first-order valence-electron chi connectivity index (χ1n) is 5.52. The number of halogens is 1. The third-order valence-corrected chi connectivity index (χ3v) is 4.20. The molecule has 6 heteroatoms. The maximum absolute atomic E-state index is 13.3. The standard InChI is InChI=1S/C11H15FN2O2S/c12-10-3-1-2-4-11(10)14-17(15,16)8-9-5-6-13-7-9/h1-4,9,13-14H,5-8H2. The number of hydrogen-bond donors (Lipinski definition) is 2. The highest BCUT2D eigenvalue weighted by Gasteiger charge is 2.22. The first-order chi connectivity index (χ1) is 8.07. The highest BCUT2D eigenvalue weighted by molar-refractivity contribution is 7.92. The van der Waals surface area contributed by atoms with Crippen molar-refractivity contribution in [2.24, 2.45) is 5.92 Å². The van der Waals surface area contributed by atoms with Crippen molar-refractivity contribution in [3.63, 3.8) is 0 Å². The highest BCUT2D eigenvalue weighted by atomic mass is 32.2. The number of rotatable bonds is 4. The molecule has 1 atom stereocenters. The summed E-state index contributed by atoms with van der Waals surface area (Å²) in [5.41, 5.74) is 0.0125. The Morgan fingerprint density at radius 1 is 1.41 bits per heavy atom. The van der Waals surface area contributed by atoms with E-state index < -0.39 is 15.8 Å². The van der Waals surface area contributed by atoms with Crippen LogP contribution in [0.1, 0.15) is 6.42 Å². The lowest BCUT2D eigenvalue weighted by atomic mass is 10.2. The molecule has 1 aliphatic heterocycles. The van der Waals surface area contributed by atoms with Gasteiger partial charge in [-0.1, -0.05) is 12.1 Å². The normalized spacial score (nSPS) is 20.4. The molecule has 0 amide bonds. The van der Waals surface area contributed by atoms with Gasteiger partial charge in [-0.2, -0.15) is 0 Å². The molecule has 1 heterocycles. The van der Waals surface area contributed by atoms with Gasteiger partial charge in [0.2, 0.25) is 10.0 Å². The van der Waals surface area contributed by atoms with Crippen LogP contribution < -0.4 is 10.0 Å². The second kappa shape index (κ2) is 5.01. The van der Waals surface area contributed by atoms with E-state index in [9.17, 15) is 12.8 Å². The fourth-order valence-electron chi connectivity index (χ4n) is 1.92. The average Bonchev–Trinajstić information content (AvgIpc) is 2.73. The van der Waals surface area contributed by atoms with Gasteiger partial charge in [0.05, 0.1) is 11.4 Å². The minimum absolute atomic E-state index is 0.0125. The van der Waals surface area contributed by atoms with E-state index >= 15 is 0 Å². The summed E-state index contributed by atoms with van der Waals surface area (Å²) in [6.45, 7) is 1.55. The summed E-state index contributed by atoms with van der Waals surface area (Å²) in [6, 6.07) is 5.76. The lowest BCUT2D eigenvalue weighted by Crippen LogP contribution is -2.24. The second-order valence-electron chi connectivity index (χ2n) is 4.22. The van der Waals surface area contributed by atoms with Crippen LogP contribution in [0.3, 0.4) is 0 Å². The van der Waals surface area contributed by atoms with Crippen molar-refractivity contribution >= 4 is 15.7 Å². The van der Waals surface area contributed by atoms with Gasteiger partial charge in [-0.15, -0.1) is 0 Å². The Bertz CT molecular complexity index is 484. The molecule has 1 aromatic rings. The quantitative estimate of drug-likeness (QED) is 0.852. The molecule has 4 nitrogen and oxygen atoms in total. The number of sulfonamides is 1. The molecule has 0 aliphatic carbocycles. The van der Waals surface area contributed by atoms with Crippen molar-refractivity contribution in [2.75, 3.05) is 23.6 Å². The zero-order valence-electron chi connectivity index (χ0n) is 9.32. The minimum Gasteiger partial charge on any atom is -0.316 e. The summed E-state index contributed by atoms with van der Waals surface area (Å²) in [4.78, 5) is 0. The lowest BCUT2D eigenvalue weighted by Gasteiger charge is -2.11. The number of anilines is 1. The number of para-hydroxylation sites is 1. The Kier molecular flexibility index (Phi) is 3.63. The fraction of sp³-hybridized carbons (Fsp3) is 0.455. The third-order valence-electron chi connectivity index (χ3n) is 2.76. The fourth-order valence-corrected chi connectivity index (χ4v) is 3.41. The molecule has 2 N–H and O–H groups in total. The van der Waals surface area contributed by atoms with Gasteiger partial charge in [0.1, 0.15) is 5.82 Å². The molecule has 1 aromatic carbocycles. The van der Waals surface area contributed by atoms with Crippen molar-refractivity contribution in [1.29, 1.82) is 0 Å². The molecule has 1 fully saturated rings. The predicted molar refractivity (Wildman–Crippen MR) is 64.8 cm³/mol. The van der Waals surface area contributed by atoms with Crippen molar-refractivity contribution in [2.45, 2.75) is 6.42 Å². The summed E-state index contributed by atoms with van der Waals surface area (Å²) < 4.78 is 39.2. The van der Waals surface area contributed by atoms with E-state index in [-0.39, 0.29) is 17.4 Å². The molecule has 2 rings (SSSR count). The molecule has 0 saturated carbocycles.